The summed E-state index contributed by atoms with van der Waals surface area (Å²) in [4.78, 5) is 27.6. The minimum Gasteiger partial charge on any atom is -0.490 e. The number of benzene rings is 2. The zero-order chi connectivity index (χ0) is 22.3. The second-order valence-corrected chi connectivity index (χ2v) is 8.37. The van der Waals surface area contributed by atoms with E-state index < -0.39 is 12.1 Å². The van der Waals surface area contributed by atoms with Gasteiger partial charge in [-0.2, -0.15) is 0 Å². The van der Waals surface area contributed by atoms with Gasteiger partial charge in [-0.3, -0.25) is 4.79 Å². The highest BCUT2D eigenvalue weighted by Gasteiger charge is 2.22. The molecule has 168 valence electrons. The first-order valence-electron chi connectivity index (χ1n) is 11.2. The summed E-state index contributed by atoms with van der Waals surface area (Å²) in [5.74, 6) is 0.543. The molecule has 0 radical (unpaired) electrons. The van der Waals surface area contributed by atoms with E-state index in [9.17, 15) is 9.59 Å². The third-order valence-corrected chi connectivity index (χ3v) is 5.95. The maximum atomic E-state index is 12.9. The zero-order valence-electron chi connectivity index (χ0n) is 18.1. The van der Waals surface area contributed by atoms with Gasteiger partial charge >= 0.3 is 6.03 Å². The Kier molecular flexibility index (Phi) is 6.94. The third-order valence-electron chi connectivity index (χ3n) is 5.95. The second-order valence-electron chi connectivity index (χ2n) is 8.37. The van der Waals surface area contributed by atoms with E-state index >= 15 is 0 Å². The first kappa shape index (κ1) is 21.7. The maximum absolute atomic E-state index is 12.9. The van der Waals surface area contributed by atoms with E-state index in [1.807, 2.05) is 54.7 Å². The van der Waals surface area contributed by atoms with Crippen molar-refractivity contribution in [1.82, 2.24) is 15.6 Å². The molecule has 5 N–H and O–H groups in total. The van der Waals surface area contributed by atoms with Crippen LogP contribution in [-0.4, -0.2) is 29.1 Å². The minimum absolute atomic E-state index is 0.272. The molecule has 3 aromatic rings. The average Bonchev–Trinajstić information content (AvgIpc) is 3.20. The lowest BCUT2D eigenvalue weighted by atomic mass is 9.98. The standard InChI is InChI=1S/C25H30N4O3/c26-25(31)29-23(14-18-16-27-22-12-5-4-11-21(18)22)24(30)28-15-17-7-6-10-20(13-17)32-19-8-2-1-3-9-19/h4-7,10-13,16,19,23,27H,1-3,8-9,14-15H2,(H,28,30)(H3,26,29,31). The molecule has 0 saturated heterocycles. The molecule has 3 amide bonds. The summed E-state index contributed by atoms with van der Waals surface area (Å²) in [6, 6.07) is 14.1. The fraction of sp³-hybridized carbons (Fsp3) is 0.360. The molecule has 1 aromatic heterocycles. The Labute approximate surface area is 187 Å². The Hall–Kier alpha value is -3.48. The molecule has 1 atom stereocenters. The van der Waals surface area contributed by atoms with E-state index in [4.69, 9.17) is 10.5 Å². The van der Waals surface area contributed by atoms with Crippen molar-refractivity contribution in [1.29, 1.82) is 0 Å². The van der Waals surface area contributed by atoms with E-state index in [1.165, 1.54) is 19.3 Å². The van der Waals surface area contributed by atoms with Gasteiger partial charge in [0.1, 0.15) is 11.8 Å². The number of hydrogen-bond donors (Lipinski definition) is 4. The molecule has 1 aliphatic rings. The van der Waals surface area contributed by atoms with Gasteiger partial charge in [0.15, 0.2) is 0 Å². The fourth-order valence-corrected chi connectivity index (χ4v) is 4.32. The lowest BCUT2D eigenvalue weighted by Crippen LogP contribution is -2.49. The number of fused-ring (bicyclic) bond motifs is 1. The molecular weight excluding hydrogens is 404 g/mol. The monoisotopic (exact) mass is 434 g/mol. The van der Waals surface area contributed by atoms with Gasteiger partial charge in [0, 0.05) is 30.1 Å². The predicted octanol–water partition coefficient (Wildman–Crippen LogP) is 3.78. The van der Waals surface area contributed by atoms with Crippen LogP contribution in [0.1, 0.15) is 43.2 Å². The number of para-hydroxylation sites is 1. The summed E-state index contributed by atoms with van der Waals surface area (Å²) in [6.07, 6.45) is 8.36. The molecule has 0 spiro atoms. The molecule has 1 saturated carbocycles. The van der Waals surface area contributed by atoms with E-state index in [0.29, 0.717) is 13.0 Å². The van der Waals surface area contributed by atoms with Crippen molar-refractivity contribution in [2.45, 2.75) is 57.2 Å². The largest absolute Gasteiger partial charge is 0.490 e. The van der Waals surface area contributed by atoms with Gasteiger partial charge in [0.2, 0.25) is 5.91 Å². The highest BCUT2D eigenvalue weighted by molar-refractivity contribution is 5.88. The number of aromatic amines is 1. The number of carbonyl (C=O) groups excluding carboxylic acids is 2. The van der Waals surface area contributed by atoms with Crippen LogP contribution in [0.5, 0.6) is 5.75 Å². The van der Waals surface area contributed by atoms with Crippen LogP contribution in [0.15, 0.2) is 54.7 Å². The summed E-state index contributed by atoms with van der Waals surface area (Å²) < 4.78 is 6.12. The van der Waals surface area contributed by atoms with Crippen LogP contribution in [-0.2, 0) is 17.8 Å². The zero-order valence-corrected chi connectivity index (χ0v) is 18.1. The summed E-state index contributed by atoms with van der Waals surface area (Å²) >= 11 is 0. The van der Waals surface area contributed by atoms with Gasteiger partial charge in [-0.25, -0.2) is 4.79 Å². The normalized spacial score (nSPS) is 15.2. The second kappa shape index (κ2) is 10.2. The summed E-state index contributed by atoms with van der Waals surface area (Å²) in [5.41, 5.74) is 8.20. The molecule has 1 aliphatic carbocycles. The molecule has 2 aromatic carbocycles. The molecule has 0 aliphatic heterocycles. The van der Waals surface area contributed by atoms with E-state index in [2.05, 4.69) is 15.6 Å². The van der Waals surface area contributed by atoms with Crippen LogP contribution in [0.4, 0.5) is 4.79 Å². The summed E-state index contributed by atoms with van der Waals surface area (Å²) in [5, 5.41) is 6.51. The number of nitrogens with two attached hydrogens (primary N) is 1. The van der Waals surface area contributed by atoms with E-state index in [1.54, 1.807) is 0 Å². The van der Waals surface area contributed by atoms with Gasteiger partial charge in [-0.15, -0.1) is 0 Å². The Morgan fingerprint density at radius 2 is 1.91 bits per heavy atom. The molecule has 1 fully saturated rings. The molecule has 7 heteroatoms. The van der Waals surface area contributed by atoms with Crippen molar-refractivity contribution in [2.24, 2.45) is 5.73 Å². The van der Waals surface area contributed by atoms with Gasteiger partial charge in [0.25, 0.3) is 0 Å². The number of urea groups is 1. The quantitative estimate of drug-likeness (QED) is 0.433. The lowest BCUT2D eigenvalue weighted by molar-refractivity contribution is -0.123. The Bertz CT molecular complexity index is 1070. The van der Waals surface area contributed by atoms with Crippen LogP contribution in [0.25, 0.3) is 10.9 Å². The lowest BCUT2D eigenvalue weighted by Gasteiger charge is -2.23. The number of H-pyrrole nitrogens is 1. The number of rotatable bonds is 8. The molecular formula is C25H30N4O3. The number of hydrogen-bond acceptors (Lipinski definition) is 3. The van der Waals surface area contributed by atoms with Gasteiger partial charge in [0.05, 0.1) is 6.10 Å². The summed E-state index contributed by atoms with van der Waals surface area (Å²) in [6.45, 7) is 0.339. The molecule has 4 rings (SSSR count). The number of nitrogens with one attached hydrogen (secondary N) is 3. The number of primary amides is 1. The number of ether oxygens (including phenoxy) is 1. The Morgan fingerprint density at radius 3 is 2.72 bits per heavy atom. The Balaban J connectivity index is 1.39. The number of carbonyl (C=O) groups is 2. The molecule has 1 unspecified atom stereocenters. The predicted molar refractivity (Wildman–Crippen MR) is 124 cm³/mol. The summed E-state index contributed by atoms with van der Waals surface area (Å²) in [7, 11) is 0. The molecule has 1 heterocycles. The first-order valence-corrected chi connectivity index (χ1v) is 11.2. The van der Waals surface area contributed by atoms with Crippen molar-refractivity contribution >= 4 is 22.8 Å². The van der Waals surface area contributed by atoms with Gasteiger partial charge < -0.3 is 26.1 Å². The van der Waals surface area contributed by atoms with Crippen molar-refractivity contribution in [2.75, 3.05) is 0 Å². The molecule has 7 nitrogen and oxygen atoms in total. The molecule has 0 bridgehead atoms. The smallest absolute Gasteiger partial charge is 0.312 e. The van der Waals surface area contributed by atoms with Crippen LogP contribution in [0.3, 0.4) is 0 Å². The van der Waals surface area contributed by atoms with Crippen LogP contribution in [0, 0.1) is 0 Å². The van der Waals surface area contributed by atoms with Crippen molar-refractivity contribution in [3.63, 3.8) is 0 Å². The third kappa shape index (κ3) is 5.60. The number of amides is 3. The van der Waals surface area contributed by atoms with Crippen LogP contribution in [0.2, 0.25) is 0 Å². The first-order chi connectivity index (χ1) is 15.6. The van der Waals surface area contributed by atoms with Crippen LogP contribution >= 0.6 is 0 Å². The van der Waals surface area contributed by atoms with Crippen molar-refractivity contribution in [3.05, 3.63) is 65.9 Å². The average molecular weight is 435 g/mol. The molecule has 32 heavy (non-hydrogen) atoms. The van der Waals surface area contributed by atoms with Crippen molar-refractivity contribution in [3.8, 4) is 5.75 Å². The minimum atomic E-state index is -0.770. The van der Waals surface area contributed by atoms with Crippen LogP contribution < -0.4 is 21.1 Å². The van der Waals surface area contributed by atoms with E-state index in [0.717, 1.165) is 40.6 Å². The van der Waals surface area contributed by atoms with Crippen molar-refractivity contribution < 1.29 is 14.3 Å². The highest BCUT2D eigenvalue weighted by atomic mass is 16.5. The Morgan fingerprint density at radius 1 is 1.09 bits per heavy atom. The van der Waals surface area contributed by atoms with Gasteiger partial charge in [-0.05, 0) is 55.0 Å². The van der Waals surface area contributed by atoms with Gasteiger partial charge in [-0.1, -0.05) is 36.8 Å². The topological polar surface area (TPSA) is 109 Å². The highest BCUT2D eigenvalue weighted by Crippen LogP contribution is 2.24. The maximum Gasteiger partial charge on any atom is 0.312 e. The van der Waals surface area contributed by atoms with E-state index in [-0.39, 0.29) is 12.0 Å². The fourth-order valence-electron chi connectivity index (χ4n) is 4.32. The SMILES string of the molecule is NC(=O)NC(Cc1c[nH]c2ccccc12)C(=O)NCc1cccc(OC2CCCCC2)c1. The number of aromatic nitrogens is 1.